The van der Waals surface area contributed by atoms with Crippen LogP contribution in [-0.2, 0) is 10.0 Å². The van der Waals surface area contributed by atoms with Gasteiger partial charge in [0.2, 0.25) is 10.0 Å². The molecular weight excluding hydrogens is 362 g/mol. The first kappa shape index (κ1) is 19.4. The molecule has 1 aliphatic heterocycles. The number of carbonyl (C=O) groups excluding carboxylic acids is 1. The molecule has 7 heteroatoms. The number of urea groups is 1. The maximum absolute atomic E-state index is 12.6. The summed E-state index contributed by atoms with van der Waals surface area (Å²) in [5, 5.41) is 2.83. The van der Waals surface area contributed by atoms with Gasteiger partial charge in [0.05, 0.1) is 4.90 Å². The number of piperidine rings is 1. The molecule has 1 saturated heterocycles. The quantitative estimate of drug-likeness (QED) is 0.820. The van der Waals surface area contributed by atoms with Crippen LogP contribution in [0.3, 0.4) is 0 Å². The van der Waals surface area contributed by atoms with Crippen molar-refractivity contribution in [2.24, 2.45) is 0 Å². The fraction of sp³-hybridized carbons (Fsp3) is 0.350. The highest BCUT2D eigenvalue weighted by atomic mass is 32.2. The van der Waals surface area contributed by atoms with Crippen LogP contribution in [0.25, 0.3) is 0 Å². The lowest BCUT2D eigenvalue weighted by Crippen LogP contribution is -2.38. The fourth-order valence-corrected chi connectivity index (χ4v) is 4.36. The third-order valence-electron chi connectivity index (χ3n) is 4.69. The minimum absolute atomic E-state index is 0.138. The van der Waals surface area contributed by atoms with Crippen molar-refractivity contribution in [3.63, 3.8) is 0 Å². The average Bonchev–Trinajstić information content (AvgIpc) is 2.69. The number of hydrogen-bond acceptors (Lipinski definition) is 3. The highest BCUT2D eigenvalue weighted by molar-refractivity contribution is 7.89. The number of anilines is 1. The number of sulfonamides is 1. The van der Waals surface area contributed by atoms with Crippen LogP contribution in [0.4, 0.5) is 10.5 Å². The van der Waals surface area contributed by atoms with E-state index >= 15 is 0 Å². The number of benzene rings is 2. The van der Waals surface area contributed by atoms with Crippen LogP contribution in [0.2, 0.25) is 0 Å². The van der Waals surface area contributed by atoms with Crippen molar-refractivity contribution in [1.82, 2.24) is 9.62 Å². The van der Waals surface area contributed by atoms with E-state index in [1.54, 1.807) is 24.0 Å². The van der Waals surface area contributed by atoms with E-state index in [-0.39, 0.29) is 17.0 Å². The molecule has 6 nitrogen and oxygen atoms in total. The molecule has 1 atom stereocenters. The van der Waals surface area contributed by atoms with Gasteiger partial charge in [0.1, 0.15) is 0 Å². The molecule has 1 aliphatic rings. The van der Waals surface area contributed by atoms with Gasteiger partial charge in [-0.3, -0.25) is 0 Å². The van der Waals surface area contributed by atoms with Crippen LogP contribution in [0.5, 0.6) is 0 Å². The van der Waals surface area contributed by atoms with Crippen molar-refractivity contribution in [2.45, 2.75) is 37.1 Å². The Kier molecular flexibility index (Phi) is 6.13. The second-order valence-electron chi connectivity index (χ2n) is 6.76. The van der Waals surface area contributed by atoms with Gasteiger partial charge in [0.25, 0.3) is 0 Å². The monoisotopic (exact) mass is 387 g/mol. The van der Waals surface area contributed by atoms with E-state index in [0.29, 0.717) is 5.69 Å². The first-order valence-electron chi connectivity index (χ1n) is 9.19. The average molecular weight is 388 g/mol. The molecule has 1 fully saturated rings. The summed E-state index contributed by atoms with van der Waals surface area (Å²) in [7, 11) is -3.65. The Bertz CT molecular complexity index is 861. The molecule has 2 aromatic carbocycles. The summed E-state index contributed by atoms with van der Waals surface area (Å²) in [6.07, 6.45) is 3.20. The second kappa shape index (κ2) is 8.54. The Morgan fingerprint density at radius 1 is 0.963 bits per heavy atom. The smallest absolute Gasteiger partial charge is 0.321 e. The van der Waals surface area contributed by atoms with Crippen LogP contribution >= 0.6 is 0 Å². The number of likely N-dealkylation sites (tertiary alicyclic amines) is 1. The molecule has 144 valence electrons. The summed E-state index contributed by atoms with van der Waals surface area (Å²) < 4.78 is 27.9. The fourth-order valence-electron chi connectivity index (χ4n) is 3.13. The summed E-state index contributed by atoms with van der Waals surface area (Å²) in [5.41, 5.74) is 1.48. The van der Waals surface area contributed by atoms with Crippen LogP contribution < -0.4 is 10.0 Å². The van der Waals surface area contributed by atoms with Gasteiger partial charge in [0, 0.05) is 24.8 Å². The maximum atomic E-state index is 12.6. The van der Waals surface area contributed by atoms with E-state index < -0.39 is 10.0 Å². The standard InChI is InChI=1S/C20H25N3O3S/c1-16(17-8-4-2-5-9-17)22-27(25,26)19-12-10-18(11-13-19)21-20(24)23-14-6-3-7-15-23/h2,4-5,8-13,16,22H,3,6-7,14-15H2,1H3,(H,21,24)/t16-/m1/s1. The molecule has 2 N–H and O–H groups in total. The van der Waals surface area contributed by atoms with Gasteiger partial charge in [-0.15, -0.1) is 0 Å². The minimum Gasteiger partial charge on any atom is -0.325 e. The predicted octanol–water partition coefficient (Wildman–Crippen LogP) is 3.74. The third-order valence-corrected chi connectivity index (χ3v) is 6.25. The lowest BCUT2D eigenvalue weighted by molar-refractivity contribution is 0.200. The third kappa shape index (κ3) is 5.08. The number of nitrogens with one attached hydrogen (secondary N) is 2. The zero-order chi connectivity index (χ0) is 19.3. The van der Waals surface area contributed by atoms with Gasteiger partial charge in [0.15, 0.2) is 0 Å². The second-order valence-corrected chi connectivity index (χ2v) is 8.47. The SMILES string of the molecule is C[C@@H](NS(=O)(=O)c1ccc(NC(=O)N2CCCCC2)cc1)c1ccccc1. The van der Waals surface area contributed by atoms with E-state index in [9.17, 15) is 13.2 Å². The number of nitrogens with zero attached hydrogens (tertiary/aromatic N) is 1. The van der Waals surface area contributed by atoms with Crippen LogP contribution in [0.1, 0.15) is 37.8 Å². The van der Waals surface area contributed by atoms with E-state index in [1.807, 2.05) is 30.3 Å². The van der Waals surface area contributed by atoms with Gasteiger partial charge in [-0.05, 0) is 56.0 Å². The van der Waals surface area contributed by atoms with Crippen molar-refractivity contribution < 1.29 is 13.2 Å². The van der Waals surface area contributed by atoms with Crippen LogP contribution in [-0.4, -0.2) is 32.4 Å². The van der Waals surface area contributed by atoms with Gasteiger partial charge >= 0.3 is 6.03 Å². The van der Waals surface area contributed by atoms with E-state index in [4.69, 9.17) is 0 Å². The first-order valence-corrected chi connectivity index (χ1v) is 10.7. The molecular formula is C20H25N3O3S. The molecule has 0 bridgehead atoms. The van der Waals surface area contributed by atoms with Crippen molar-refractivity contribution in [2.75, 3.05) is 18.4 Å². The highest BCUT2D eigenvalue weighted by Gasteiger charge is 2.19. The molecule has 0 spiro atoms. The zero-order valence-electron chi connectivity index (χ0n) is 15.4. The molecule has 0 aliphatic carbocycles. The van der Waals surface area contributed by atoms with Crippen LogP contribution in [0, 0.1) is 0 Å². The molecule has 0 unspecified atom stereocenters. The Labute approximate surface area is 160 Å². The lowest BCUT2D eigenvalue weighted by Gasteiger charge is -2.26. The van der Waals surface area contributed by atoms with Gasteiger partial charge < -0.3 is 10.2 Å². The summed E-state index contributed by atoms with van der Waals surface area (Å²) in [4.78, 5) is 14.2. The van der Waals surface area contributed by atoms with Gasteiger partial charge in [-0.25, -0.2) is 17.9 Å². The number of carbonyl (C=O) groups is 1. The van der Waals surface area contributed by atoms with Gasteiger partial charge in [-0.2, -0.15) is 0 Å². The van der Waals surface area contributed by atoms with E-state index in [1.165, 1.54) is 12.1 Å². The first-order chi connectivity index (χ1) is 13.0. The number of hydrogen-bond donors (Lipinski definition) is 2. The van der Waals surface area contributed by atoms with Crippen molar-refractivity contribution in [1.29, 1.82) is 0 Å². The number of amides is 2. The molecule has 27 heavy (non-hydrogen) atoms. The Morgan fingerprint density at radius 3 is 2.22 bits per heavy atom. The Morgan fingerprint density at radius 2 is 1.59 bits per heavy atom. The molecule has 1 heterocycles. The molecule has 0 saturated carbocycles. The molecule has 0 aromatic heterocycles. The normalized spacial score (nSPS) is 16.0. The minimum atomic E-state index is -3.65. The van der Waals surface area contributed by atoms with Crippen molar-refractivity contribution >= 4 is 21.7 Å². The highest BCUT2D eigenvalue weighted by Crippen LogP contribution is 2.19. The largest absolute Gasteiger partial charge is 0.325 e. The lowest BCUT2D eigenvalue weighted by atomic mass is 10.1. The van der Waals surface area contributed by atoms with Crippen LogP contribution in [0.15, 0.2) is 59.5 Å². The molecule has 0 radical (unpaired) electrons. The van der Waals surface area contributed by atoms with Gasteiger partial charge in [-0.1, -0.05) is 30.3 Å². The molecule has 2 amide bonds. The van der Waals surface area contributed by atoms with Crippen molar-refractivity contribution in [3.05, 3.63) is 60.2 Å². The summed E-state index contributed by atoms with van der Waals surface area (Å²) in [5.74, 6) is 0. The Hall–Kier alpha value is -2.38. The van der Waals surface area contributed by atoms with Crippen molar-refractivity contribution in [3.8, 4) is 0 Å². The molecule has 2 aromatic rings. The zero-order valence-corrected chi connectivity index (χ0v) is 16.2. The van der Waals surface area contributed by atoms with E-state index in [2.05, 4.69) is 10.0 Å². The predicted molar refractivity (Wildman–Crippen MR) is 106 cm³/mol. The number of rotatable bonds is 5. The molecule has 3 rings (SSSR count). The topological polar surface area (TPSA) is 78.5 Å². The van der Waals surface area contributed by atoms with E-state index in [0.717, 1.165) is 37.9 Å². The summed E-state index contributed by atoms with van der Waals surface area (Å²) >= 11 is 0. The Balaban J connectivity index is 1.64. The summed E-state index contributed by atoms with van der Waals surface area (Å²) in [6.45, 7) is 3.33. The summed E-state index contributed by atoms with van der Waals surface area (Å²) in [6, 6.07) is 15.2. The maximum Gasteiger partial charge on any atom is 0.321 e.